The van der Waals surface area contributed by atoms with E-state index in [1.165, 1.54) is 17.0 Å². The lowest BCUT2D eigenvalue weighted by atomic mass is 9.99. The maximum absolute atomic E-state index is 14.2. The number of amides is 2. The molecule has 0 aromatic heterocycles. The van der Waals surface area contributed by atoms with Crippen LogP contribution in [0.1, 0.15) is 54.7 Å². The second-order valence-corrected chi connectivity index (χ2v) is 7.94. The Hall–Kier alpha value is -3.22. The molecule has 1 aliphatic rings. The van der Waals surface area contributed by atoms with Gasteiger partial charge in [0.2, 0.25) is 5.91 Å². The summed E-state index contributed by atoms with van der Waals surface area (Å²) in [6, 6.07) is 13.2. The Morgan fingerprint density at radius 2 is 1.93 bits per heavy atom. The van der Waals surface area contributed by atoms with E-state index in [0.29, 0.717) is 5.56 Å². The number of aliphatic imine (C=N–C) groups is 1. The largest absolute Gasteiger partial charge is 0.369 e. The van der Waals surface area contributed by atoms with Gasteiger partial charge in [0, 0.05) is 5.56 Å². The predicted octanol–water partition coefficient (Wildman–Crippen LogP) is 3.39. The zero-order valence-corrected chi connectivity index (χ0v) is 17.4. The summed E-state index contributed by atoms with van der Waals surface area (Å²) in [5.41, 5.74) is 7.60. The number of guanidine groups is 1. The highest BCUT2D eigenvalue weighted by Gasteiger charge is 2.29. The monoisotopic (exact) mass is 410 g/mol. The molecule has 30 heavy (non-hydrogen) atoms. The van der Waals surface area contributed by atoms with Gasteiger partial charge < -0.3 is 11.1 Å². The van der Waals surface area contributed by atoms with Crippen LogP contribution in [0.15, 0.2) is 53.5 Å². The zero-order valence-electron chi connectivity index (χ0n) is 17.4. The lowest BCUT2D eigenvalue weighted by molar-refractivity contribution is -0.129. The molecular formula is C23H27FN4O2. The van der Waals surface area contributed by atoms with Crippen molar-refractivity contribution in [3.05, 3.63) is 71.0 Å². The van der Waals surface area contributed by atoms with Crippen molar-refractivity contribution in [3.8, 4) is 0 Å². The van der Waals surface area contributed by atoms with E-state index in [4.69, 9.17) is 5.73 Å². The highest BCUT2D eigenvalue weighted by atomic mass is 19.1. The van der Waals surface area contributed by atoms with Crippen molar-refractivity contribution >= 4 is 17.8 Å². The number of benzene rings is 2. The minimum atomic E-state index is -0.551. The van der Waals surface area contributed by atoms with E-state index in [0.717, 1.165) is 5.56 Å². The van der Waals surface area contributed by atoms with E-state index in [2.05, 4.69) is 10.3 Å². The van der Waals surface area contributed by atoms with Gasteiger partial charge in [-0.3, -0.25) is 14.5 Å². The number of nitrogens with one attached hydrogen (secondary N) is 1. The Bertz CT molecular complexity index is 959. The highest BCUT2D eigenvalue weighted by Crippen LogP contribution is 2.20. The van der Waals surface area contributed by atoms with Crippen molar-refractivity contribution < 1.29 is 14.0 Å². The number of nitrogens with zero attached hydrogens (tertiary/aromatic N) is 2. The minimum absolute atomic E-state index is 0.0608. The van der Waals surface area contributed by atoms with E-state index in [-0.39, 0.29) is 48.4 Å². The van der Waals surface area contributed by atoms with E-state index in [1.807, 2.05) is 51.1 Å². The molecule has 0 fully saturated rings. The van der Waals surface area contributed by atoms with Gasteiger partial charge in [0.05, 0.1) is 25.0 Å². The summed E-state index contributed by atoms with van der Waals surface area (Å²) in [6.07, 6.45) is 0.260. The third-order valence-electron chi connectivity index (χ3n) is 5.24. The maximum Gasteiger partial charge on any atom is 0.251 e. The van der Waals surface area contributed by atoms with Gasteiger partial charge in [-0.1, -0.05) is 44.2 Å². The molecule has 0 aliphatic carbocycles. The Morgan fingerprint density at radius 3 is 2.57 bits per heavy atom. The third kappa shape index (κ3) is 5.03. The fraction of sp³-hybridized carbons (Fsp3) is 0.348. The minimum Gasteiger partial charge on any atom is -0.369 e. The van der Waals surface area contributed by atoms with Gasteiger partial charge >= 0.3 is 0 Å². The van der Waals surface area contributed by atoms with Crippen molar-refractivity contribution in [2.75, 3.05) is 0 Å². The molecule has 0 saturated heterocycles. The van der Waals surface area contributed by atoms with Crippen LogP contribution in [0.2, 0.25) is 0 Å². The van der Waals surface area contributed by atoms with Crippen molar-refractivity contribution in [2.24, 2.45) is 16.6 Å². The van der Waals surface area contributed by atoms with E-state index < -0.39 is 11.7 Å². The Kier molecular flexibility index (Phi) is 6.50. The first-order valence-corrected chi connectivity index (χ1v) is 10.0. The van der Waals surface area contributed by atoms with Crippen LogP contribution in [0.25, 0.3) is 0 Å². The molecule has 2 unspecified atom stereocenters. The average Bonchev–Trinajstić information content (AvgIpc) is 2.70. The standard InChI is InChI=1S/C23H27FN4O2/c1-14(2)20-12-21(29)28(23(25)27-20)13-16-9-18(11-19(24)10-16)22(30)26-15(3)17-7-5-4-6-8-17/h4-11,14-15,20H,12-13H2,1-3H3,(H2,25,27)(H,26,30). The second-order valence-electron chi connectivity index (χ2n) is 7.94. The number of hydrogen-bond acceptors (Lipinski definition) is 4. The summed E-state index contributed by atoms with van der Waals surface area (Å²) in [7, 11) is 0. The number of carbonyl (C=O) groups excluding carboxylic acids is 2. The van der Waals surface area contributed by atoms with Crippen molar-refractivity contribution in [1.82, 2.24) is 10.2 Å². The Labute approximate surface area is 176 Å². The van der Waals surface area contributed by atoms with Crippen molar-refractivity contribution in [2.45, 2.75) is 45.8 Å². The van der Waals surface area contributed by atoms with Gasteiger partial charge in [-0.25, -0.2) is 9.38 Å². The quantitative estimate of drug-likeness (QED) is 0.765. The van der Waals surface area contributed by atoms with Crippen LogP contribution in [-0.4, -0.2) is 28.7 Å². The predicted molar refractivity (Wildman–Crippen MR) is 114 cm³/mol. The number of carbonyl (C=O) groups is 2. The van der Waals surface area contributed by atoms with Crippen LogP contribution < -0.4 is 11.1 Å². The van der Waals surface area contributed by atoms with Crippen LogP contribution in [0.3, 0.4) is 0 Å². The Balaban J connectivity index is 1.76. The molecule has 0 bridgehead atoms. The third-order valence-corrected chi connectivity index (χ3v) is 5.24. The zero-order chi connectivity index (χ0) is 21.8. The smallest absolute Gasteiger partial charge is 0.251 e. The van der Waals surface area contributed by atoms with Gasteiger partial charge in [-0.2, -0.15) is 0 Å². The van der Waals surface area contributed by atoms with Crippen LogP contribution in [0, 0.1) is 11.7 Å². The topological polar surface area (TPSA) is 87.8 Å². The first-order valence-electron chi connectivity index (χ1n) is 10.0. The second kappa shape index (κ2) is 9.07. The summed E-state index contributed by atoms with van der Waals surface area (Å²) in [6.45, 7) is 5.89. The van der Waals surface area contributed by atoms with Gasteiger partial charge in [-0.05, 0) is 42.2 Å². The summed E-state index contributed by atoms with van der Waals surface area (Å²) < 4.78 is 14.2. The molecule has 0 saturated carbocycles. The van der Waals surface area contributed by atoms with Crippen LogP contribution in [0.5, 0.6) is 0 Å². The van der Waals surface area contributed by atoms with Crippen LogP contribution in [-0.2, 0) is 11.3 Å². The fourth-order valence-electron chi connectivity index (χ4n) is 3.42. The molecule has 3 N–H and O–H groups in total. The molecule has 1 heterocycles. The first-order chi connectivity index (χ1) is 14.2. The molecule has 1 aliphatic heterocycles. The van der Waals surface area contributed by atoms with E-state index >= 15 is 0 Å². The maximum atomic E-state index is 14.2. The van der Waals surface area contributed by atoms with Gasteiger partial charge in [-0.15, -0.1) is 0 Å². The van der Waals surface area contributed by atoms with Crippen LogP contribution in [0.4, 0.5) is 4.39 Å². The number of halogens is 1. The average molecular weight is 410 g/mol. The summed E-state index contributed by atoms with van der Waals surface area (Å²) in [5, 5.41) is 2.87. The lowest BCUT2D eigenvalue weighted by Crippen LogP contribution is -2.47. The number of rotatable bonds is 6. The molecule has 7 heteroatoms. The summed E-state index contributed by atoms with van der Waals surface area (Å²) in [4.78, 5) is 30.9. The van der Waals surface area contributed by atoms with Gasteiger partial charge in [0.25, 0.3) is 5.91 Å². The number of hydrogen-bond donors (Lipinski definition) is 2. The summed E-state index contributed by atoms with van der Waals surface area (Å²) >= 11 is 0. The molecule has 0 spiro atoms. The molecule has 3 rings (SSSR count). The normalized spacial score (nSPS) is 17.6. The Morgan fingerprint density at radius 1 is 1.23 bits per heavy atom. The van der Waals surface area contributed by atoms with Gasteiger partial charge in [0.1, 0.15) is 5.82 Å². The molecule has 6 nitrogen and oxygen atoms in total. The van der Waals surface area contributed by atoms with Gasteiger partial charge in [0.15, 0.2) is 5.96 Å². The van der Waals surface area contributed by atoms with E-state index in [1.54, 1.807) is 6.07 Å². The van der Waals surface area contributed by atoms with E-state index in [9.17, 15) is 14.0 Å². The number of nitrogens with two attached hydrogens (primary N) is 1. The first kappa shape index (κ1) is 21.5. The molecule has 2 atom stereocenters. The molecule has 2 aromatic rings. The molecule has 2 amide bonds. The molecule has 0 radical (unpaired) electrons. The highest BCUT2D eigenvalue weighted by molar-refractivity contribution is 5.98. The van der Waals surface area contributed by atoms with Crippen molar-refractivity contribution in [1.29, 1.82) is 0 Å². The van der Waals surface area contributed by atoms with Crippen molar-refractivity contribution in [3.63, 3.8) is 0 Å². The molecule has 2 aromatic carbocycles. The molecular weight excluding hydrogens is 383 g/mol. The SMILES string of the molecule is CC(NC(=O)c1cc(F)cc(CN2C(=O)CC(C(C)C)N=C2N)c1)c1ccccc1. The van der Waals surface area contributed by atoms with Crippen LogP contribution >= 0.6 is 0 Å². The molecule has 158 valence electrons. The fourth-order valence-corrected chi connectivity index (χ4v) is 3.42. The summed E-state index contributed by atoms with van der Waals surface area (Å²) in [5.74, 6) is -0.776. The lowest BCUT2D eigenvalue weighted by Gasteiger charge is -2.30.